The Hall–Kier alpha value is -1.40. The van der Waals surface area contributed by atoms with Gasteiger partial charge in [-0.1, -0.05) is 54.1 Å². The van der Waals surface area contributed by atoms with Crippen molar-refractivity contribution >= 4 is 21.6 Å². The lowest BCUT2D eigenvalue weighted by molar-refractivity contribution is 0.0317. The summed E-state index contributed by atoms with van der Waals surface area (Å²) < 4.78 is 27.1. The molecule has 0 radical (unpaired) electrons. The van der Waals surface area contributed by atoms with Gasteiger partial charge in [0.05, 0.1) is 11.4 Å². The lowest BCUT2D eigenvalue weighted by atomic mass is 9.80. The molecular weight excluding hydrogens is 346 g/mol. The van der Waals surface area contributed by atoms with Crippen LogP contribution in [0.2, 0.25) is 5.02 Å². The maximum absolute atomic E-state index is 12.3. The maximum atomic E-state index is 12.3. The van der Waals surface area contributed by atoms with Crippen molar-refractivity contribution in [2.45, 2.75) is 30.6 Å². The van der Waals surface area contributed by atoms with Gasteiger partial charge in [-0.25, -0.2) is 13.1 Å². The first-order valence-electron chi connectivity index (χ1n) is 7.87. The van der Waals surface area contributed by atoms with Gasteiger partial charge in [0, 0.05) is 18.0 Å². The van der Waals surface area contributed by atoms with Crippen LogP contribution in [0.1, 0.15) is 23.1 Å². The Bertz CT molecular complexity index is 838. The van der Waals surface area contributed by atoms with E-state index in [4.69, 9.17) is 11.6 Å². The average molecular weight is 366 g/mol. The van der Waals surface area contributed by atoms with Crippen molar-refractivity contribution in [1.82, 2.24) is 4.72 Å². The van der Waals surface area contributed by atoms with Crippen LogP contribution in [0.25, 0.3) is 0 Å². The smallest absolute Gasteiger partial charge is 0.215 e. The minimum absolute atomic E-state index is 0.00806. The largest absolute Gasteiger partial charge is 0.388 e. The number of rotatable bonds is 5. The molecule has 0 fully saturated rings. The molecule has 6 heteroatoms. The molecule has 0 aliphatic heterocycles. The van der Waals surface area contributed by atoms with Gasteiger partial charge in [-0.2, -0.15) is 0 Å². The first-order chi connectivity index (χ1) is 11.4. The fourth-order valence-electron chi connectivity index (χ4n) is 3.05. The molecule has 0 heterocycles. The molecule has 0 aromatic heterocycles. The third-order valence-corrected chi connectivity index (χ3v) is 6.07. The van der Waals surface area contributed by atoms with E-state index in [-0.39, 0.29) is 12.3 Å². The van der Waals surface area contributed by atoms with Crippen LogP contribution in [0.3, 0.4) is 0 Å². The number of sulfonamides is 1. The summed E-state index contributed by atoms with van der Waals surface area (Å²) in [7, 11) is -3.57. The SMILES string of the molecule is O=S(=O)(Cc1ccccc1Cl)NCC1(O)CCc2ccccc2C1. The number of fused-ring (bicyclic) bond motifs is 1. The first-order valence-corrected chi connectivity index (χ1v) is 9.90. The predicted molar refractivity (Wildman–Crippen MR) is 95.5 cm³/mol. The van der Waals surface area contributed by atoms with Crippen molar-refractivity contribution in [2.24, 2.45) is 0 Å². The van der Waals surface area contributed by atoms with E-state index in [0.717, 1.165) is 12.0 Å². The molecule has 128 valence electrons. The van der Waals surface area contributed by atoms with Crippen LogP contribution < -0.4 is 4.72 Å². The maximum Gasteiger partial charge on any atom is 0.215 e. The van der Waals surface area contributed by atoms with Crippen molar-refractivity contribution < 1.29 is 13.5 Å². The average Bonchev–Trinajstić information content (AvgIpc) is 2.55. The third-order valence-electron chi connectivity index (χ3n) is 4.42. The standard InChI is InChI=1S/C18H20ClNO3S/c19-17-8-4-3-7-16(17)12-24(22,23)20-13-18(21)10-9-14-5-1-2-6-15(14)11-18/h1-8,20-21H,9-13H2. The Morgan fingerprint density at radius 1 is 1.08 bits per heavy atom. The van der Waals surface area contributed by atoms with E-state index in [1.54, 1.807) is 24.3 Å². The van der Waals surface area contributed by atoms with E-state index >= 15 is 0 Å². The molecule has 0 spiro atoms. The molecule has 0 saturated carbocycles. The fraction of sp³-hybridized carbons (Fsp3) is 0.333. The zero-order chi connectivity index (χ0) is 17.2. The van der Waals surface area contributed by atoms with Gasteiger partial charge < -0.3 is 5.11 Å². The van der Waals surface area contributed by atoms with Gasteiger partial charge in [-0.05, 0) is 35.6 Å². The molecule has 2 aromatic rings. The third kappa shape index (κ3) is 4.16. The molecule has 24 heavy (non-hydrogen) atoms. The van der Waals surface area contributed by atoms with Crippen molar-refractivity contribution in [3.8, 4) is 0 Å². The number of hydrogen-bond donors (Lipinski definition) is 2. The topological polar surface area (TPSA) is 66.4 Å². The van der Waals surface area contributed by atoms with Crippen molar-refractivity contribution in [2.75, 3.05) is 6.54 Å². The van der Waals surface area contributed by atoms with E-state index < -0.39 is 15.6 Å². The number of nitrogens with one attached hydrogen (secondary N) is 1. The quantitative estimate of drug-likeness (QED) is 0.856. The molecule has 1 unspecified atom stereocenters. The Kier molecular flexibility index (Phi) is 4.97. The van der Waals surface area contributed by atoms with Crippen molar-refractivity contribution in [3.63, 3.8) is 0 Å². The van der Waals surface area contributed by atoms with E-state index in [0.29, 0.717) is 23.4 Å². The van der Waals surface area contributed by atoms with Crippen LogP contribution in [0.4, 0.5) is 0 Å². The summed E-state index contributed by atoms with van der Waals surface area (Å²) in [4.78, 5) is 0. The molecule has 0 amide bonds. The van der Waals surface area contributed by atoms with Crippen LogP contribution in [-0.2, 0) is 28.6 Å². The fourth-order valence-corrected chi connectivity index (χ4v) is 4.58. The molecular formula is C18H20ClNO3S. The highest BCUT2D eigenvalue weighted by Gasteiger charge is 2.33. The Morgan fingerprint density at radius 2 is 1.75 bits per heavy atom. The highest BCUT2D eigenvalue weighted by molar-refractivity contribution is 7.88. The number of aliphatic hydroxyl groups is 1. The molecule has 2 N–H and O–H groups in total. The van der Waals surface area contributed by atoms with Gasteiger partial charge in [0.1, 0.15) is 0 Å². The highest BCUT2D eigenvalue weighted by Crippen LogP contribution is 2.28. The minimum atomic E-state index is -3.57. The number of halogens is 1. The number of hydrogen-bond acceptors (Lipinski definition) is 3. The summed E-state index contributed by atoms with van der Waals surface area (Å²) in [6, 6.07) is 14.8. The van der Waals surface area contributed by atoms with Crippen LogP contribution in [0.5, 0.6) is 0 Å². The zero-order valence-corrected chi connectivity index (χ0v) is 14.8. The van der Waals surface area contributed by atoms with Gasteiger partial charge in [0.15, 0.2) is 0 Å². The van der Waals surface area contributed by atoms with E-state index in [9.17, 15) is 13.5 Å². The van der Waals surface area contributed by atoms with Crippen LogP contribution in [0.15, 0.2) is 48.5 Å². The molecule has 4 nitrogen and oxygen atoms in total. The molecule has 1 aliphatic rings. The summed E-state index contributed by atoms with van der Waals surface area (Å²) in [6.45, 7) is 0.00806. The second-order valence-electron chi connectivity index (χ2n) is 6.34. The summed E-state index contributed by atoms with van der Waals surface area (Å²) >= 11 is 6.02. The minimum Gasteiger partial charge on any atom is -0.388 e. The summed E-state index contributed by atoms with van der Waals surface area (Å²) in [5.41, 5.74) is 1.80. The molecule has 3 rings (SSSR count). The van der Waals surface area contributed by atoms with Crippen LogP contribution in [0, 0.1) is 0 Å². The Morgan fingerprint density at radius 3 is 2.50 bits per heavy atom. The van der Waals surface area contributed by atoms with Gasteiger partial charge in [0.2, 0.25) is 10.0 Å². The Balaban J connectivity index is 1.66. The first kappa shape index (κ1) is 17.4. The van der Waals surface area contributed by atoms with Gasteiger partial charge >= 0.3 is 0 Å². The summed E-state index contributed by atoms with van der Waals surface area (Å²) in [6.07, 6.45) is 1.75. The van der Waals surface area contributed by atoms with Crippen LogP contribution >= 0.6 is 11.6 Å². The van der Waals surface area contributed by atoms with E-state index in [1.165, 1.54) is 5.56 Å². The lowest BCUT2D eigenvalue weighted by Gasteiger charge is -2.33. The predicted octanol–water partition coefficient (Wildman–Crippen LogP) is 2.68. The van der Waals surface area contributed by atoms with E-state index in [1.807, 2.05) is 18.2 Å². The zero-order valence-electron chi connectivity index (χ0n) is 13.2. The summed E-state index contributed by atoms with van der Waals surface area (Å²) in [5, 5.41) is 11.2. The number of benzene rings is 2. The van der Waals surface area contributed by atoms with Crippen molar-refractivity contribution in [1.29, 1.82) is 0 Å². The molecule has 1 atom stereocenters. The lowest BCUT2D eigenvalue weighted by Crippen LogP contribution is -2.46. The monoisotopic (exact) mass is 365 g/mol. The van der Waals surface area contributed by atoms with Gasteiger partial charge in [-0.15, -0.1) is 0 Å². The van der Waals surface area contributed by atoms with E-state index in [2.05, 4.69) is 10.8 Å². The molecule has 0 saturated heterocycles. The number of aryl methyl sites for hydroxylation is 1. The van der Waals surface area contributed by atoms with Gasteiger partial charge in [0.25, 0.3) is 0 Å². The molecule has 2 aromatic carbocycles. The Labute approximate surface area is 147 Å². The second kappa shape index (κ2) is 6.84. The second-order valence-corrected chi connectivity index (χ2v) is 8.56. The van der Waals surface area contributed by atoms with Gasteiger partial charge in [-0.3, -0.25) is 0 Å². The van der Waals surface area contributed by atoms with Crippen molar-refractivity contribution in [3.05, 3.63) is 70.2 Å². The molecule has 1 aliphatic carbocycles. The summed E-state index contributed by atoms with van der Waals surface area (Å²) in [5.74, 6) is -0.195. The molecule has 0 bridgehead atoms. The normalized spacial score (nSPS) is 20.6. The van der Waals surface area contributed by atoms with Crippen LogP contribution in [-0.4, -0.2) is 25.7 Å². The highest BCUT2D eigenvalue weighted by atomic mass is 35.5.